The van der Waals surface area contributed by atoms with Crippen molar-refractivity contribution in [1.82, 2.24) is 4.98 Å². The number of carbonyl (C=O) groups is 1. The maximum Gasteiger partial charge on any atom is 0.234 e. The fourth-order valence-corrected chi connectivity index (χ4v) is 2.16. The van der Waals surface area contributed by atoms with Gasteiger partial charge in [-0.05, 0) is 37.6 Å². The molecule has 0 aliphatic carbocycles. The predicted octanol–water partition coefficient (Wildman–Crippen LogP) is 3.90. The van der Waals surface area contributed by atoms with Crippen LogP contribution in [0.2, 0.25) is 0 Å². The highest BCUT2D eigenvalue weighted by Gasteiger charge is 2.30. The molecule has 0 saturated carbocycles. The molecule has 3 nitrogen and oxygen atoms in total. The monoisotopic (exact) mass is 336 g/mol. The normalized spacial score (nSPS) is 11.2. The first-order chi connectivity index (χ1) is 9.41. The van der Waals surface area contributed by atoms with Gasteiger partial charge in [0.1, 0.15) is 0 Å². The van der Waals surface area contributed by atoms with E-state index in [2.05, 4.69) is 26.2 Å². The van der Waals surface area contributed by atoms with Gasteiger partial charge in [0, 0.05) is 10.7 Å². The molecule has 0 fully saturated rings. The van der Waals surface area contributed by atoms with Gasteiger partial charge in [0.25, 0.3) is 0 Å². The molecule has 0 radical (unpaired) electrons. The van der Waals surface area contributed by atoms with Gasteiger partial charge in [-0.3, -0.25) is 9.78 Å². The minimum absolute atomic E-state index is 0.132. The lowest BCUT2D eigenvalue weighted by molar-refractivity contribution is -0.120. The SMILES string of the molecule is CC(C)(C(=O)Nc1ccncc1F)c1cccc(Br)c1. The molecule has 0 unspecified atom stereocenters. The van der Waals surface area contributed by atoms with Crippen LogP contribution in [0.25, 0.3) is 0 Å². The lowest BCUT2D eigenvalue weighted by Crippen LogP contribution is -2.35. The second-order valence-electron chi connectivity index (χ2n) is 4.94. The van der Waals surface area contributed by atoms with E-state index >= 15 is 0 Å². The van der Waals surface area contributed by atoms with Gasteiger partial charge in [0.05, 0.1) is 17.3 Å². The first-order valence-corrected chi connectivity index (χ1v) is 6.87. The first kappa shape index (κ1) is 14.7. The van der Waals surface area contributed by atoms with Crippen LogP contribution in [0.15, 0.2) is 47.2 Å². The summed E-state index contributed by atoms with van der Waals surface area (Å²) in [6.07, 6.45) is 2.51. The summed E-state index contributed by atoms with van der Waals surface area (Å²) >= 11 is 3.38. The number of aromatic nitrogens is 1. The Morgan fingerprint density at radius 3 is 2.75 bits per heavy atom. The maximum atomic E-state index is 13.5. The van der Waals surface area contributed by atoms with E-state index in [-0.39, 0.29) is 11.6 Å². The van der Waals surface area contributed by atoms with E-state index in [0.717, 1.165) is 16.2 Å². The van der Waals surface area contributed by atoms with E-state index in [0.29, 0.717) is 0 Å². The highest BCUT2D eigenvalue weighted by Crippen LogP contribution is 2.27. The van der Waals surface area contributed by atoms with Crippen LogP contribution < -0.4 is 5.32 Å². The van der Waals surface area contributed by atoms with Gasteiger partial charge in [-0.15, -0.1) is 0 Å². The standard InChI is InChI=1S/C15H14BrFN2O/c1-15(2,10-4-3-5-11(16)8-10)14(20)19-13-6-7-18-9-12(13)17/h3-9H,1-2H3,(H,18,19,20). The van der Waals surface area contributed by atoms with Gasteiger partial charge in [-0.2, -0.15) is 0 Å². The number of hydrogen-bond acceptors (Lipinski definition) is 2. The summed E-state index contributed by atoms with van der Waals surface area (Å²) in [5.41, 5.74) is 0.200. The van der Waals surface area contributed by atoms with Crippen molar-refractivity contribution < 1.29 is 9.18 Å². The predicted molar refractivity (Wildman–Crippen MR) is 80.0 cm³/mol. The molecule has 0 saturated heterocycles. The van der Waals surface area contributed by atoms with Crippen molar-refractivity contribution in [2.45, 2.75) is 19.3 Å². The van der Waals surface area contributed by atoms with Crippen LogP contribution in [0.1, 0.15) is 19.4 Å². The van der Waals surface area contributed by atoms with Crippen molar-refractivity contribution in [1.29, 1.82) is 0 Å². The second-order valence-corrected chi connectivity index (χ2v) is 5.86. The summed E-state index contributed by atoms with van der Waals surface area (Å²) in [6.45, 7) is 3.59. The molecule has 20 heavy (non-hydrogen) atoms. The summed E-state index contributed by atoms with van der Waals surface area (Å²) in [4.78, 5) is 16.0. The Morgan fingerprint density at radius 1 is 1.35 bits per heavy atom. The average Bonchev–Trinajstić information content (AvgIpc) is 2.41. The topological polar surface area (TPSA) is 42.0 Å². The molecule has 1 heterocycles. The van der Waals surface area contributed by atoms with Gasteiger partial charge in [0.15, 0.2) is 5.82 Å². The molecule has 104 valence electrons. The van der Waals surface area contributed by atoms with Gasteiger partial charge in [-0.1, -0.05) is 28.1 Å². The van der Waals surface area contributed by atoms with E-state index in [1.807, 2.05) is 24.3 Å². The summed E-state index contributed by atoms with van der Waals surface area (Å²) in [6, 6.07) is 8.93. The highest BCUT2D eigenvalue weighted by atomic mass is 79.9. The molecule has 2 aromatic rings. The molecule has 1 aromatic heterocycles. The smallest absolute Gasteiger partial charge is 0.234 e. The van der Waals surface area contributed by atoms with Gasteiger partial charge >= 0.3 is 0 Å². The van der Waals surface area contributed by atoms with Gasteiger partial charge in [0.2, 0.25) is 5.91 Å². The molecule has 2 rings (SSSR count). The molecular formula is C15H14BrFN2O. The van der Waals surface area contributed by atoms with Crippen molar-refractivity contribution in [2.24, 2.45) is 0 Å². The third kappa shape index (κ3) is 3.04. The van der Waals surface area contributed by atoms with Gasteiger partial charge in [-0.25, -0.2) is 4.39 Å². The van der Waals surface area contributed by atoms with Crippen LogP contribution in [0.4, 0.5) is 10.1 Å². The van der Waals surface area contributed by atoms with E-state index < -0.39 is 11.2 Å². The second kappa shape index (κ2) is 5.71. The zero-order valence-corrected chi connectivity index (χ0v) is 12.7. The quantitative estimate of drug-likeness (QED) is 0.923. The van der Waals surface area contributed by atoms with Gasteiger partial charge < -0.3 is 5.32 Å². The first-order valence-electron chi connectivity index (χ1n) is 6.08. The Balaban J connectivity index is 2.26. The summed E-state index contributed by atoms with van der Waals surface area (Å²) < 4.78 is 14.4. The molecular weight excluding hydrogens is 323 g/mol. The van der Waals surface area contributed by atoms with Crippen LogP contribution in [-0.2, 0) is 10.2 Å². The lowest BCUT2D eigenvalue weighted by Gasteiger charge is -2.24. The maximum absolute atomic E-state index is 13.5. The highest BCUT2D eigenvalue weighted by molar-refractivity contribution is 9.10. The Kier molecular flexibility index (Phi) is 4.18. The van der Waals surface area contributed by atoms with Crippen LogP contribution in [0, 0.1) is 5.82 Å². The van der Waals surface area contributed by atoms with Crippen LogP contribution in [0.5, 0.6) is 0 Å². The molecule has 0 aliphatic rings. The summed E-state index contributed by atoms with van der Waals surface area (Å²) in [5.74, 6) is -0.827. The number of nitrogens with zero attached hydrogens (tertiary/aromatic N) is 1. The fraction of sp³-hybridized carbons (Fsp3) is 0.200. The van der Waals surface area contributed by atoms with Crippen LogP contribution in [0.3, 0.4) is 0 Å². The van der Waals surface area contributed by atoms with Crippen molar-refractivity contribution in [3.05, 3.63) is 58.6 Å². The summed E-state index contributed by atoms with van der Waals surface area (Å²) in [5, 5.41) is 2.60. The third-order valence-corrected chi connectivity index (χ3v) is 3.63. The molecule has 1 N–H and O–H groups in total. The van der Waals surface area contributed by atoms with E-state index in [9.17, 15) is 9.18 Å². The van der Waals surface area contributed by atoms with E-state index in [1.54, 1.807) is 13.8 Å². The molecule has 1 amide bonds. The zero-order valence-electron chi connectivity index (χ0n) is 11.2. The minimum atomic E-state index is -0.778. The number of hydrogen-bond donors (Lipinski definition) is 1. The number of nitrogens with one attached hydrogen (secondary N) is 1. The van der Waals surface area contributed by atoms with Crippen LogP contribution >= 0.6 is 15.9 Å². The molecule has 0 atom stereocenters. The Hall–Kier alpha value is -1.75. The molecule has 0 bridgehead atoms. The van der Waals surface area contributed by atoms with Crippen LogP contribution in [-0.4, -0.2) is 10.9 Å². The number of halogens is 2. The Labute approximate surface area is 125 Å². The third-order valence-electron chi connectivity index (χ3n) is 3.13. The molecule has 0 spiro atoms. The number of pyridine rings is 1. The average molecular weight is 337 g/mol. The molecule has 5 heteroatoms. The van der Waals surface area contributed by atoms with Crippen molar-refractivity contribution in [3.8, 4) is 0 Å². The number of carbonyl (C=O) groups excluding carboxylic acids is 1. The number of benzene rings is 1. The zero-order chi connectivity index (χ0) is 14.8. The number of amides is 1. The Morgan fingerprint density at radius 2 is 2.10 bits per heavy atom. The number of rotatable bonds is 3. The largest absolute Gasteiger partial charge is 0.323 e. The van der Waals surface area contributed by atoms with E-state index in [1.165, 1.54) is 12.3 Å². The summed E-state index contributed by atoms with van der Waals surface area (Å²) in [7, 11) is 0. The van der Waals surface area contributed by atoms with E-state index in [4.69, 9.17) is 0 Å². The Bertz CT molecular complexity index is 643. The van der Waals surface area contributed by atoms with Crippen molar-refractivity contribution in [2.75, 3.05) is 5.32 Å². The van der Waals surface area contributed by atoms with Crippen molar-refractivity contribution in [3.63, 3.8) is 0 Å². The number of anilines is 1. The fourth-order valence-electron chi connectivity index (χ4n) is 1.76. The molecule has 1 aromatic carbocycles. The molecule has 0 aliphatic heterocycles. The van der Waals surface area contributed by atoms with Crippen molar-refractivity contribution >= 4 is 27.5 Å². The minimum Gasteiger partial charge on any atom is -0.323 e. The lowest BCUT2D eigenvalue weighted by atomic mass is 9.83.